The van der Waals surface area contributed by atoms with Gasteiger partial charge < -0.3 is 34.2 Å². The number of likely N-dealkylation sites (N-methyl/N-ethyl adjacent to an activating group) is 1. The number of rotatable bonds is 42. The minimum absolute atomic E-state index is 0.00212. The summed E-state index contributed by atoms with van der Waals surface area (Å²) in [6.07, 6.45) is 34.3. The number of hydrogen-bond donors (Lipinski definition) is 4. The Kier molecular flexibility index (Phi) is 35.3. The van der Waals surface area contributed by atoms with Crippen molar-refractivity contribution in [3.63, 3.8) is 0 Å². The molecule has 370 valence electrons. The lowest BCUT2D eigenvalue weighted by Gasteiger charge is -2.24. The molecule has 1 saturated carbocycles. The molecule has 0 spiro atoms. The van der Waals surface area contributed by atoms with Crippen LogP contribution in [0.2, 0.25) is 0 Å². The Morgan fingerprint density at radius 1 is 0.683 bits per heavy atom. The molecule has 0 saturated heterocycles. The molecule has 1 fully saturated rings. The average molecular weight is 917 g/mol. The van der Waals surface area contributed by atoms with Crippen LogP contribution in [-0.2, 0) is 32.7 Å². The first kappa shape index (κ1) is 59.4. The number of allylic oxidation sites excluding steroid dienone is 2. The fourth-order valence-corrected chi connectivity index (χ4v) is 8.79. The second kappa shape index (κ2) is 37.5. The third kappa shape index (κ3) is 34.4. The highest BCUT2D eigenvalue weighted by Crippen LogP contribution is 2.43. The molecule has 0 aromatic heterocycles. The number of aliphatic hydroxyl groups is 3. The van der Waals surface area contributed by atoms with Crippen LogP contribution in [0.4, 0.5) is 0 Å². The molecule has 0 bridgehead atoms. The molecule has 0 radical (unpaired) electrons. The number of hydrogen-bond acceptors (Lipinski definition) is 10. The average Bonchev–Trinajstić information content (AvgIpc) is 3.50. The molecule has 1 rings (SSSR count). The molecule has 7 atom stereocenters. The SMILES string of the molecule is CCCCCCCC/C=C\CCCCCCCCCCCC(=O)O[C@H](COC(=O)CCCCCC[C@@H]1[C@@H](/C=C/[C@@H](O)CCCCC)[C@H](O)C[C@@H]1O)COP(=O)(O)OCC[N+](C)(C)C. The summed E-state index contributed by atoms with van der Waals surface area (Å²) in [5.74, 6) is -1.21. The Morgan fingerprint density at radius 3 is 1.79 bits per heavy atom. The van der Waals surface area contributed by atoms with Crippen molar-refractivity contribution < 1.29 is 57.4 Å². The molecule has 4 N–H and O–H groups in total. The second-order valence-corrected chi connectivity index (χ2v) is 20.6. The lowest BCUT2D eigenvalue weighted by atomic mass is 9.88. The van der Waals surface area contributed by atoms with Gasteiger partial charge in [-0.25, -0.2) is 4.57 Å². The molecule has 1 unspecified atom stereocenters. The van der Waals surface area contributed by atoms with Gasteiger partial charge in [-0.15, -0.1) is 0 Å². The van der Waals surface area contributed by atoms with E-state index in [0.29, 0.717) is 36.7 Å². The molecule has 13 heteroatoms. The first-order valence-electron chi connectivity index (χ1n) is 25.3. The smallest absolute Gasteiger partial charge is 0.462 e. The maximum absolute atomic E-state index is 12.8. The normalized spacial score (nSPS) is 20.1. The minimum Gasteiger partial charge on any atom is -0.462 e. The molecular weight excluding hydrogens is 822 g/mol. The van der Waals surface area contributed by atoms with Crippen molar-refractivity contribution in [3.8, 4) is 0 Å². The van der Waals surface area contributed by atoms with E-state index in [-0.39, 0.29) is 37.9 Å². The van der Waals surface area contributed by atoms with E-state index in [4.69, 9.17) is 18.5 Å². The van der Waals surface area contributed by atoms with Crippen molar-refractivity contribution in [2.24, 2.45) is 11.8 Å². The van der Waals surface area contributed by atoms with E-state index in [9.17, 15) is 34.4 Å². The molecule has 1 aliphatic rings. The van der Waals surface area contributed by atoms with Gasteiger partial charge in [-0.3, -0.25) is 18.6 Å². The zero-order valence-corrected chi connectivity index (χ0v) is 41.5. The third-order valence-corrected chi connectivity index (χ3v) is 13.0. The first-order valence-corrected chi connectivity index (χ1v) is 26.8. The van der Waals surface area contributed by atoms with Crippen LogP contribution in [0.5, 0.6) is 0 Å². The van der Waals surface area contributed by atoms with Crippen LogP contribution in [-0.4, -0.2) is 109 Å². The van der Waals surface area contributed by atoms with Crippen molar-refractivity contribution in [2.75, 3.05) is 47.5 Å². The monoisotopic (exact) mass is 917 g/mol. The standard InChI is InChI=1S/C50H94NO11P/c1-6-8-10-11-12-13-14-15-16-17-18-19-20-21-22-23-24-25-31-35-50(56)62-44(42-61-63(57,58)60-39-38-51(3,4)5)41-59-49(55)34-30-27-26-29-33-45-46(48(54)40-47(45)53)37-36-43(52)32-28-9-7-2/h15-16,36-37,43-48,52-54H,6-14,17-35,38-42H2,1-5H3/p+1/b16-15-,37-36+/t43-,44+,45+,46+,47-,48+/m0/s1. The molecule has 0 heterocycles. The number of carbonyl (C=O) groups is 2. The number of ether oxygens (including phenoxy) is 2. The number of phosphoric acid groups is 1. The number of esters is 2. The van der Waals surface area contributed by atoms with Crippen LogP contribution in [0.1, 0.15) is 200 Å². The summed E-state index contributed by atoms with van der Waals surface area (Å²) in [7, 11) is 1.36. The fourth-order valence-electron chi connectivity index (χ4n) is 8.05. The van der Waals surface area contributed by atoms with Crippen molar-refractivity contribution >= 4 is 19.8 Å². The van der Waals surface area contributed by atoms with Crippen LogP contribution in [0.25, 0.3) is 0 Å². The van der Waals surface area contributed by atoms with Crippen molar-refractivity contribution in [1.82, 2.24) is 0 Å². The quantitative estimate of drug-likeness (QED) is 0.0151. The predicted octanol–water partition coefficient (Wildman–Crippen LogP) is 11.1. The van der Waals surface area contributed by atoms with Crippen LogP contribution >= 0.6 is 7.82 Å². The Bertz CT molecular complexity index is 1240. The van der Waals surface area contributed by atoms with Crippen molar-refractivity contribution in [2.45, 2.75) is 224 Å². The van der Waals surface area contributed by atoms with Gasteiger partial charge in [0.15, 0.2) is 6.10 Å². The van der Waals surface area contributed by atoms with E-state index in [1.807, 2.05) is 27.2 Å². The topological polar surface area (TPSA) is 169 Å². The van der Waals surface area contributed by atoms with E-state index in [1.165, 1.54) is 83.5 Å². The first-order chi connectivity index (χ1) is 30.2. The van der Waals surface area contributed by atoms with Crippen LogP contribution < -0.4 is 0 Å². The van der Waals surface area contributed by atoms with Gasteiger partial charge in [0.25, 0.3) is 0 Å². The number of nitrogens with zero attached hydrogens (tertiary/aromatic N) is 1. The van der Waals surface area contributed by atoms with Crippen LogP contribution in [0.3, 0.4) is 0 Å². The van der Waals surface area contributed by atoms with E-state index in [2.05, 4.69) is 26.0 Å². The molecular formula is C50H95NO11P+. The Labute approximate surface area is 384 Å². The van der Waals surface area contributed by atoms with E-state index < -0.39 is 50.8 Å². The summed E-state index contributed by atoms with van der Waals surface area (Å²) in [4.78, 5) is 35.7. The third-order valence-electron chi connectivity index (χ3n) is 12.1. The summed E-state index contributed by atoms with van der Waals surface area (Å²) in [6.45, 7) is 4.10. The summed E-state index contributed by atoms with van der Waals surface area (Å²) in [5.41, 5.74) is 0. The molecule has 63 heavy (non-hydrogen) atoms. The van der Waals surface area contributed by atoms with Crippen molar-refractivity contribution in [1.29, 1.82) is 0 Å². The summed E-state index contributed by atoms with van der Waals surface area (Å²) in [5, 5.41) is 31.5. The molecule has 0 amide bonds. The van der Waals surface area contributed by atoms with E-state index in [1.54, 1.807) is 6.08 Å². The van der Waals surface area contributed by atoms with Gasteiger partial charge in [0, 0.05) is 25.2 Å². The summed E-state index contributed by atoms with van der Waals surface area (Å²) in [6, 6.07) is 0. The maximum atomic E-state index is 12.8. The highest BCUT2D eigenvalue weighted by Gasteiger charge is 2.39. The number of phosphoric ester groups is 1. The summed E-state index contributed by atoms with van der Waals surface area (Å²) < 4.78 is 34.4. The highest BCUT2D eigenvalue weighted by molar-refractivity contribution is 7.47. The number of carbonyl (C=O) groups excluding carboxylic acids is 2. The van der Waals surface area contributed by atoms with Gasteiger partial charge in [-0.2, -0.15) is 0 Å². The molecule has 12 nitrogen and oxygen atoms in total. The number of aliphatic hydroxyl groups excluding tert-OH is 3. The lowest BCUT2D eigenvalue weighted by molar-refractivity contribution is -0.870. The van der Waals surface area contributed by atoms with E-state index in [0.717, 1.165) is 64.2 Å². The van der Waals surface area contributed by atoms with Gasteiger partial charge in [-0.05, 0) is 57.3 Å². The molecule has 0 aromatic rings. The maximum Gasteiger partial charge on any atom is 0.472 e. The zero-order valence-electron chi connectivity index (χ0n) is 40.6. The number of unbranched alkanes of at least 4 members (excludes halogenated alkanes) is 20. The van der Waals surface area contributed by atoms with Gasteiger partial charge in [-0.1, -0.05) is 154 Å². The Morgan fingerprint density at radius 2 is 1.21 bits per heavy atom. The molecule has 1 aliphatic carbocycles. The minimum atomic E-state index is -4.43. The van der Waals surface area contributed by atoms with Crippen molar-refractivity contribution in [3.05, 3.63) is 24.3 Å². The van der Waals surface area contributed by atoms with Gasteiger partial charge in [0.05, 0.1) is 46.1 Å². The van der Waals surface area contributed by atoms with E-state index >= 15 is 0 Å². The second-order valence-electron chi connectivity index (χ2n) is 19.2. The molecule has 0 aromatic carbocycles. The van der Waals surface area contributed by atoms with Crippen LogP contribution in [0.15, 0.2) is 24.3 Å². The van der Waals surface area contributed by atoms with Gasteiger partial charge in [0.2, 0.25) is 0 Å². The number of quaternary nitrogens is 1. The summed E-state index contributed by atoms with van der Waals surface area (Å²) >= 11 is 0. The Balaban J connectivity index is 2.39. The molecule has 0 aliphatic heterocycles. The van der Waals surface area contributed by atoms with Gasteiger partial charge >= 0.3 is 19.8 Å². The van der Waals surface area contributed by atoms with Crippen LogP contribution in [0, 0.1) is 11.8 Å². The largest absolute Gasteiger partial charge is 0.472 e. The lowest BCUT2D eigenvalue weighted by Crippen LogP contribution is -2.37. The predicted molar refractivity (Wildman–Crippen MR) is 254 cm³/mol. The fraction of sp³-hybridized carbons (Fsp3) is 0.880. The zero-order chi connectivity index (χ0) is 46.6. The highest BCUT2D eigenvalue weighted by atomic mass is 31.2. The Hall–Kier alpha value is -1.63. The van der Waals surface area contributed by atoms with Gasteiger partial charge in [0.1, 0.15) is 19.8 Å².